The van der Waals surface area contributed by atoms with Crippen molar-refractivity contribution in [3.8, 4) is 0 Å². The molecule has 1 fully saturated rings. The predicted molar refractivity (Wildman–Crippen MR) is 92.4 cm³/mol. The van der Waals surface area contributed by atoms with Crippen LogP contribution in [-0.4, -0.2) is 37.5 Å². The molecule has 1 aliphatic rings. The highest BCUT2D eigenvalue weighted by Gasteiger charge is 2.19. The fourth-order valence-corrected chi connectivity index (χ4v) is 2.53. The topological polar surface area (TPSA) is 70.2 Å². The van der Waals surface area contributed by atoms with Crippen LogP contribution in [0, 0.1) is 0 Å². The number of piperidine rings is 1. The van der Waals surface area contributed by atoms with Crippen LogP contribution in [0.3, 0.4) is 0 Å². The minimum atomic E-state index is -0.132. The zero-order valence-corrected chi connectivity index (χ0v) is 14.6. The average molecular weight is 391 g/mol. The molecular weight excluding hydrogens is 370 g/mol. The van der Waals surface area contributed by atoms with Gasteiger partial charge in [-0.05, 0) is 43.7 Å². The number of nitrogens with one attached hydrogen (secondary N) is 3. The Balaban J connectivity index is 0.00000242. The highest BCUT2D eigenvalue weighted by atomic mass is 79.9. The molecule has 7 heteroatoms. The fourth-order valence-electron chi connectivity index (χ4n) is 2.26. The van der Waals surface area contributed by atoms with Crippen LogP contribution in [-0.2, 0) is 4.79 Å². The monoisotopic (exact) mass is 389 g/mol. The van der Waals surface area contributed by atoms with Crippen LogP contribution in [0.5, 0.6) is 0 Å². The number of amides is 2. The molecule has 2 amide bonds. The second-order valence-electron chi connectivity index (χ2n) is 5.06. The molecule has 1 saturated heterocycles. The van der Waals surface area contributed by atoms with Crippen molar-refractivity contribution in [2.45, 2.75) is 25.3 Å². The number of carbonyl (C=O) groups is 2. The quantitative estimate of drug-likeness (QED) is 0.672. The molecule has 1 aliphatic heterocycles. The van der Waals surface area contributed by atoms with Crippen molar-refractivity contribution < 1.29 is 9.59 Å². The molecule has 0 radical (unpaired) electrons. The zero-order valence-electron chi connectivity index (χ0n) is 12.2. The Labute approximate surface area is 145 Å². The van der Waals surface area contributed by atoms with E-state index in [0.29, 0.717) is 18.7 Å². The maximum atomic E-state index is 11.9. The molecule has 0 bridgehead atoms. The van der Waals surface area contributed by atoms with Crippen LogP contribution in [0.15, 0.2) is 28.7 Å². The number of rotatable bonds is 5. The van der Waals surface area contributed by atoms with Crippen molar-refractivity contribution in [1.82, 2.24) is 16.0 Å². The van der Waals surface area contributed by atoms with Crippen molar-refractivity contribution in [3.05, 3.63) is 34.3 Å². The predicted octanol–water partition coefficient (Wildman–Crippen LogP) is 1.86. The third kappa shape index (κ3) is 5.94. The standard InChI is InChI=1S/C15H20BrN3O2.ClH/c16-12-6-4-11(5-7-12)14(20)18-9-10-19-15(21)13-3-1-2-8-17-13;/h4-7,13,17H,1-3,8-10H2,(H,18,20)(H,19,21);1H. The number of halogens is 2. The van der Waals surface area contributed by atoms with E-state index in [1.165, 1.54) is 0 Å². The van der Waals surface area contributed by atoms with Crippen molar-refractivity contribution in [3.63, 3.8) is 0 Å². The lowest BCUT2D eigenvalue weighted by Crippen LogP contribution is -2.48. The summed E-state index contributed by atoms with van der Waals surface area (Å²) in [7, 11) is 0. The summed E-state index contributed by atoms with van der Waals surface area (Å²) in [6.07, 6.45) is 3.11. The Morgan fingerprint density at radius 2 is 1.82 bits per heavy atom. The SMILES string of the molecule is Cl.O=C(NCCNC(=O)C1CCCCN1)c1ccc(Br)cc1. The van der Waals surface area contributed by atoms with Crippen molar-refractivity contribution in [2.75, 3.05) is 19.6 Å². The summed E-state index contributed by atoms with van der Waals surface area (Å²) in [5.74, 6) is -0.111. The van der Waals surface area contributed by atoms with Crippen LogP contribution >= 0.6 is 28.3 Å². The Bertz CT molecular complexity index is 490. The fraction of sp³-hybridized carbons (Fsp3) is 0.467. The van der Waals surface area contributed by atoms with Gasteiger partial charge in [-0.3, -0.25) is 9.59 Å². The van der Waals surface area contributed by atoms with Gasteiger partial charge in [0.05, 0.1) is 6.04 Å². The molecule has 1 aromatic carbocycles. The van der Waals surface area contributed by atoms with E-state index in [-0.39, 0.29) is 30.3 Å². The highest BCUT2D eigenvalue weighted by Crippen LogP contribution is 2.10. The molecule has 0 aliphatic carbocycles. The van der Waals surface area contributed by atoms with Gasteiger partial charge in [-0.1, -0.05) is 22.4 Å². The average Bonchev–Trinajstić information content (AvgIpc) is 2.52. The van der Waals surface area contributed by atoms with Crippen LogP contribution in [0.25, 0.3) is 0 Å². The van der Waals surface area contributed by atoms with E-state index in [4.69, 9.17) is 0 Å². The first kappa shape index (κ1) is 18.9. The number of carbonyl (C=O) groups excluding carboxylic acids is 2. The number of hydrogen-bond donors (Lipinski definition) is 3. The lowest BCUT2D eigenvalue weighted by molar-refractivity contribution is -0.123. The van der Waals surface area contributed by atoms with Gasteiger partial charge < -0.3 is 16.0 Å². The molecule has 1 heterocycles. The molecule has 122 valence electrons. The van der Waals surface area contributed by atoms with Crippen molar-refractivity contribution in [1.29, 1.82) is 0 Å². The van der Waals surface area contributed by atoms with Gasteiger partial charge in [0.1, 0.15) is 0 Å². The lowest BCUT2D eigenvalue weighted by Gasteiger charge is -2.22. The first-order valence-corrected chi connectivity index (χ1v) is 8.01. The third-order valence-electron chi connectivity index (χ3n) is 3.44. The smallest absolute Gasteiger partial charge is 0.251 e. The first-order chi connectivity index (χ1) is 10.2. The summed E-state index contributed by atoms with van der Waals surface area (Å²) in [4.78, 5) is 23.7. The summed E-state index contributed by atoms with van der Waals surface area (Å²) in [5.41, 5.74) is 0.610. The summed E-state index contributed by atoms with van der Waals surface area (Å²) in [5, 5.41) is 8.83. The molecule has 1 atom stereocenters. The van der Waals surface area contributed by atoms with E-state index in [2.05, 4.69) is 31.9 Å². The summed E-state index contributed by atoms with van der Waals surface area (Å²) >= 11 is 3.33. The summed E-state index contributed by atoms with van der Waals surface area (Å²) in [6, 6.07) is 7.08. The van der Waals surface area contributed by atoms with E-state index >= 15 is 0 Å². The Kier molecular flexibility index (Phi) is 8.45. The van der Waals surface area contributed by atoms with Gasteiger partial charge in [0.25, 0.3) is 5.91 Å². The van der Waals surface area contributed by atoms with Crippen LogP contribution < -0.4 is 16.0 Å². The van der Waals surface area contributed by atoms with Gasteiger partial charge in [0.2, 0.25) is 5.91 Å². The Morgan fingerprint density at radius 1 is 1.14 bits per heavy atom. The third-order valence-corrected chi connectivity index (χ3v) is 3.97. The molecule has 3 N–H and O–H groups in total. The van der Waals surface area contributed by atoms with E-state index in [1.54, 1.807) is 12.1 Å². The van der Waals surface area contributed by atoms with Gasteiger partial charge in [-0.2, -0.15) is 0 Å². The molecular formula is C15H21BrClN3O2. The summed E-state index contributed by atoms with van der Waals surface area (Å²) < 4.78 is 0.936. The van der Waals surface area contributed by atoms with Gasteiger partial charge in [0.15, 0.2) is 0 Å². The van der Waals surface area contributed by atoms with Crippen LogP contribution in [0.4, 0.5) is 0 Å². The van der Waals surface area contributed by atoms with E-state index in [1.807, 2.05) is 12.1 Å². The minimum Gasteiger partial charge on any atom is -0.353 e. The molecule has 0 aromatic heterocycles. The minimum absolute atomic E-state index is 0. The first-order valence-electron chi connectivity index (χ1n) is 7.21. The normalized spacial score (nSPS) is 17.2. The van der Waals surface area contributed by atoms with Crippen LogP contribution in [0.2, 0.25) is 0 Å². The Morgan fingerprint density at radius 3 is 2.45 bits per heavy atom. The van der Waals surface area contributed by atoms with Crippen molar-refractivity contribution in [2.24, 2.45) is 0 Å². The Hall–Kier alpha value is -1.11. The molecule has 22 heavy (non-hydrogen) atoms. The summed E-state index contributed by atoms with van der Waals surface area (Å²) in [6.45, 7) is 1.77. The van der Waals surface area contributed by atoms with Gasteiger partial charge in [0, 0.05) is 23.1 Å². The maximum absolute atomic E-state index is 11.9. The zero-order chi connectivity index (χ0) is 15.1. The molecule has 0 spiro atoms. The lowest BCUT2D eigenvalue weighted by atomic mass is 10.0. The second kappa shape index (κ2) is 9.82. The number of hydrogen-bond acceptors (Lipinski definition) is 3. The van der Waals surface area contributed by atoms with Gasteiger partial charge >= 0.3 is 0 Å². The van der Waals surface area contributed by atoms with E-state index in [9.17, 15) is 9.59 Å². The van der Waals surface area contributed by atoms with Gasteiger partial charge in [-0.15, -0.1) is 12.4 Å². The highest BCUT2D eigenvalue weighted by molar-refractivity contribution is 9.10. The van der Waals surface area contributed by atoms with Crippen molar-refractivity contribution >= 4 is 40.2 Å². The molecule has 5 nitrogen and oxygen atoms in total. The van der Waals surface area contributed by atoms with E-state index < -0.39 is 0 Å². The molecule has 1 aromatic rings. The second-order valence-corrected chi connectivity index (χ2v) is 5.97. The largest absolute Gasteiger partial charge is 0.353 e. The maximum Gasteiger partial charge on any atom is 0.251 e. The van der Waals surface area contributed by atoms with Crippen LogP contribution in [0.1, 0.15) is 29.6 Å². The number of benzene rings is 1. The molecule has 2 rings (SSSR count). The van der Waals surface area contributed by atoms with Gasteiger partial charge in [-0.25, -0.2) is 0 Å². The van der Waals surface area contributed by atoms with E-state index in [0.717, 1.165) is 30.3 Å². The molecule has 1 unspecified atom stereocenters. The molecule has 0 saturated carbocycles.